The van der Waals surface area contributed by atoms with Gasteiger partial charge in [0, 0.05) is 71.2 Å². The molecule has 16 aromatic carbocycles. The van der Waals surface area contributed by atoms with Crippen molar-refractivity contribution in [1.82, 2.24) is 59.8 Å². The topological polar surface area (TPSA) is 195 Å². The summed E-state index contributed by atoms with van der Waals surface area (Å²) in [6.07, 6.45) is 0. The maximum Gasteiger partial charge on any atom is 0.164 e. The van der Waals surface area contributed by atoms with Crippen molar-refractivity contribution >= 4 is 29.2 Å². The maximum atomic E-state index is 9.10. The zero-order valence-electron chi connectivity index (χ0n) is 71.8. The molecule has 0 unspecified atom stereocenters. The van der Waals surface area contributed by atoms with E-state index in [1.807, 2.05) is 303 Å². The van der Waals surface area contributed by atoms with Gasteiger partial charge in [-0.1, -0.05) is 410 Å². The summed E-state index contributed by atoms with van der Waals surface area (Å²) in [5, 5.41) is 18.2. The third-order valence-corrected chi connectivity index (χ3v) is 22.4. The molecule has 4 heterocycles. The summed E-state index contributed by atoms with van der Waals surface area (Å²) in [4.78, 5) is 58.4. The maximum absolute atomic E-state index is 9.10. The number of rotatable bonds is 18. The Morgan fingerprint density at radius 3 is 0.462 bits per heavy atom. The zero-order chi connectivity index (χ0) is 89.2. The second-order valence-electron chi connectivity index (χ2n) is 31.9. The van der Waals surface area contributed by atoms with Gasteiger partial charge in [0.2, 0.25) is 0 Å². The van der Waals surface area contributed by atoms with Crippen LogP contribution in [0.25, 0.3) is 192 Å². The summed E-state index contributed by atoms with van der Waals surface area (Å²) < 4.78 is 1.05. The van der Waals surface area contributed by atoms with Crippen molar-refractivity contribution in [2.24, 2.45) is 0 Å². The molecule has 2 N–H and O–H groups in total. The van der Waals surface area contributed by atoms with Crippen LogP contribution in [0.4, 0.5) is 0 Å². The van der Waals surface area contributed by atoms with Crippen LogP contribution < -0.4 is 5.46 Å². The molecule has 0 aliphatic heterocycles. The van der Waals surface area contributed by atoms with Crippen molar-refractivity contribution < 1.29 is 10.2 Å². The van der Waals surface area contributed by atoms with Gasteiger partial charge in [-0.25, -0.2) is 59.8 Å². The first-order valence-corrected chi connectivity index (χ1v) is 43.4. The van der Waals surface area contributed by atoms with Gasteiger partial charge in [0.1, 0.15) is 7.85 Å². The lowest BCUT2D eigenvalue weighted by atomic mass is 9.90. The first-order chi connectivity index (χ1) is 63.5. The van der Waals surface area contributed by atoms with E-state index in [0.717, 1.165) is 132 Å². The lowest BCUT2D eigenvalue weighted by molar-refractivity contribution is -0.107. The molecule has 20 aromatic rings. The molecule has 624 valence electrons. The van der Waals surface area contributed by atoms with Gasteiger partial charge in [0.05, 0.1) is 11.2 Å². The smallest absolute Gasteiger partial charge is 0.164 e. The Morgan fingerprint density at radius 2 is 0.292 bits per heavy atom. The van der Waals surface area contributed by atoms with Crippen LogP contribution in [0.3, 0.4) is 0 Å². The first-order valence-electron chi connectivity index (χ1n) is 42.6. The Hall–Kier alpha value is -16.0. The number of nitrogens with zero attached hydrogens (tertiary/aromatic N) is 12. The molecule has 4 aromatic heterocycles. The quantitative estimate of drug-likeness (QED) is 0.0770. The van der Waals surface area contributed by atoms with E-state index < -0.39 is 11.2 Å². The van der Waals surface area contributed by atoms with Gasteiger partial charge in [0.25, 0.3) is 0 Å². The average molecular weight is 1750 g/mol. The number of aromatic nitrogens is 12. The third-order valence-electron chi connectivity index (χ3n) is 21.9. The van der Waals surface area contributed by atoms with Gasteiger partial charge in [-0.2, -0.15) is 0 Å². The normalized spacial score (nSPS) is 11.1. The van der Waals surface area contributed by atoms with Crippen molar-refractivity contribution in [2.45, 2.75) is 38.9 Å². The van der Waals surface area contributed by atoms with Gasteiger partial charge in [0.15, 0.2) is 69.9 Å². The van der Waals surface area contributed by atoms with Crippen molar-refractivity contribution in [1.29, 1.82) is 0 Å². The standard InChI is InChI=1S/C54H36N6.C27H18BN3.C27H18BrN3.C6H14O2/c1-5-17-37(18-6-1)49-55-50(38-19-7-2-8-20-38)58-53(57-49)47-31-15-29-45(35-47)43-27-13-25-41(33-43)42-26-14-28-44(34-42)46-30-16-32-48(36-46)54-59-51(39-21-9-3-10-22-39)56-52(60-54)40-23-11-4-12-24-40;2*28-24-16-8-14-22(18-24)21-13-7-15-23(17-21)27-30-25(19-9-3-1-4-10-19)29-26(31-27)20-11-5-2-6-12-20;1-5(2,7)6(3,4)8/h1-36H;2*1-18H;7-8H,1-4H3. The molecule has 16 heteroatoms. The molecule has 130 heavy (non-hydrogen) atoms. The van der Waals surface area contributed by atoms with Crippen LogP contribution in [-0.2, 0) is 0 Å². The van der Waals surface area contributed by atoms with Crippen LogP contribution in [0.5, 0.6) is 0 Å². The van der Waals surface area contributed by atoms with Gasteiger partial charge in [-0.3, -0.25) is 0 Å². The van der Waals surface area contributed by atoms with E-state index in [4.69, 9.17) is 77.9 Å². The molecule has 0 amide bonds. The molecule has 0 atom stereocenters. The van der Waals surface area contributed by atoms with Crippen molar-refractivity contribution in [3.63, 3.8) is 0 Å². The molecule has 2 radical (unpaired) electrons. The highest BCUT2D eigenvalue weighted by molar-refractivity contribution is 9.10. The molecular formula is C114H86BBrN12O2. The van der Waals surface area contributed by atoms with Gasteiger partial charge < -0.3 is 10.2 Å². The lowest BCUT2D eigenvalue weighted by Crippen LogP contribution is -2.44. The summed E-state index contributed by atoms with van der Waals surface area (Å²) in [6.45, 7) is 6.31. The minimum absolute atomic E-state index is 0.625. The fourth-order valence-corrected chi connectivity index (χ4v) is 14.6. The van der Waals surface area contributed by atoms with Crippen LogP contribution in [0.1, 0.15) is 27.7 Å². The predicted molar refractivity (Wildman–Crippen MR) is 531 cm³/mol. The molecule has 0 aliphatic rings. The van der Waals surface area contributed by atoms with Gasteiger partial charge >= 0.3 is 0 Å². The van der Waals surface area contributed by atoms with E-state index in [2.05, 4.69) is 149 Å². The number of halogens is 1. The van der Waals surface area contributed by atoms with E-state index in [9.17, 15) is 0 Å². The monoisotopic (exact) mass is 1740 g/mol. The summed E-state index contributed by atoms with van der Waals surface area (Å²) in [5.41, 5.74) is 21.0. The highest BCUT2D eigenvalue weighted by Gasteiger charge is 2.32. The van der Waals surface area contributed by atoms with Crippen molar-refractivity contribution in [2.75, 3.05) is 0 Å². The number of benzene rings is 16. The minimum atomic E-state index is -1.01. The van der Waals surface area contributed by atoms with Crippen LogP contribution in [-0.4, -0.2) is 89.1 Å². The van der Waals surface area contributed by atoms with Crippen molar-refractivity contribution in [3.8, 4) is 192 Å². The SMILES string of the molecule is Brc1cccc(-c2cccc(-c3nc(-c4ccccc4)nc(-c4ccccc4)n3)c2)c1.CC(C)(O)C(C)(C)O.[B]c1cccc(-c2cccc(-c3nc(-c4ccccc4)nc(-c4ccccc4)n3)c2)c1.c1ccc(-c2nc(-c3ccccc3)nc(-c3cccc(-c4cccc(-c5cccc(-c6cccc(-c7nc(-c8ccccc8)nc(-c8ccccc8)n7)c6)c5)c4)c3)n2)cc1. The Kier molecular flexibility index (Phi) is 26.6. The highest BCUT2D eigenvalue weighted by Crippen LogP contribution is 2.37. The molecule has 0 saturated heterocycles. The molecule has 0 spiro atoms. The largest absolute Gasteiger partial charge is 0.387 e. The summed E-state index contributed by atoms with van der Waals surface area (Å²) in [7, 11) is 5.98. The van der Waals surface area contributed by atoms with Crippen LogP contribution in [0, 0.1) is 0 Å². The van der Waals surface area contributed by atoms with Crippen LogP contribution >= 0.6 is 15.9 Å². The minimum Gasteiger partial charge on any atom is -0.387 e. The molecule has 0 bridgehead atoms. The summed E-state index contributed by atoms with van der Waals surface area (Å²) >= 11 is 3.56. The van der Waals surface area contributed by atoms with E-state index in [0.29, 0.717) is 69.9 Å². The summed E-state index contributed by atoms with van der Waals surface area (Å²) in [6, 6.07) is 147. The van der Waals surface area contributed by atoms with Gasteiger partial charge in [-0.05, 0) is 132 Å². The summed E-state index contributed by atoms with van der Waals surface area (Å²) in [5.74, 6) is 7.73. The van der Waals surface area contributed by atoms with Crippen LogP contribution in [0.15, 0.2) is 441 Å². The van der Waals surface area contributed by atoms with E-state index in [1.54, 1.807) is 27.7 Å². The fraction of sp³-hybridized carbons (Fsp3) is 0.0526. The molecule has 0 aliphatic carbocycles. The fourth-order valence-electron chi connectivity index (χ4n) is 14.2. The van der Waals surface area contributed by atoms with Gasteiger partial charge in [-0.15, -0.1) is 0 Å². The molecule has 0 saturated carbocycles. The third kappa shape index (κ3) is 21.6. The Bertz CT molecular complexity index is 6600. The molecule has 14 nitrogen and oxygen atoms in total. The second kappa shape index (κ2) is 40.1. The molecule has 20 rings (SSSR count). The second-order valence-corrected chi connectivity index (χ2v) is 32.8. The van der Waals surface area contributed by atoms with Crippen molar-refractivity contribution in [3.05, 3.63) is 441 Å². The Balaban J connectivity index is 0.000000142. The first kappa shape index (κ1) is 86.2. The Morgan fingerprint density at radius 1 is 0.162 bits per heavy atom. The highest BCUT2D eigenvalue weighted by atomic mass is 79.9. The lowest BCUT2D eigenvalue weighted by Gasteiger charge is -2.31. The van der Waals surface area contributed by atoms with Crippen LogP contribution in [0.2, 0.25) is 0 Å². The average Bonchev–Trinajstić information content (AvgIpc) is 0.806. The number of hydrogen-bond donors (Lipinski definition) is 2. The van der Waals surface area contributed by atoms with E-state index in [-0.39, 0.29) is 0 Å². The Labute approximate surface area is 766 Å². The molecular weight excluding hydrogens is 1660 g/mol. The zero-order valence-corrected chi connectivity index (χ0v) is 73.4. The van der Waals surface area contributed by atoms with E-state index >= 15 is 0 Å². The number of hydrogen-bond acceptors (Lipinski definition) is 14. The predicted octanol–water partition coefficient (Wildman–Crippen LogP) is 26.2. The van der Waals surface area contributed by atoms with E-state index in [1.165, 1.54) is 0 Å². The molecule has 0 fully saturated rings. The number of aliphatic hydroxyl groups is 2.